The summed E-state index contributed by atoms with van der Waals surface area (Å²) >= 11 is 0. The predicted octanol–water partition coefficient (Wildman–Crippen LogP) is 5.20. The second-order valence-electron chi connectivity index (χ2n) is 5.05. The van der Waals surface area contributed by atoms with Crippen LogP contribution in [-0.2, 0) is 12.8 Å². The highest BCUT2D eigenvalue weighted by molar-refractivity contribution is 5.63. The van der Waals surface area contributed by atoms with Gasteiger partial charge in [0.1, 0.15) is 0 Å². The van der Waals surface area contributed by atoms with Crippen molar-refractivity contribution in [2.45, 2.75) is 33.6 Å². The molecule has 0 radical (unpaired) electrons. The molecule has 2 aromatic carbocycles. The molecule has 0 heterocycles. The van der Waals surface area contributed by atoms with Crippen LogP contribution in [0.1, 0.15) is 36.1 Å². The van der Waals surface area contributed by atoms with E-state index < -0.39 is 0 Å². The van der Waals surface area contributed by atoms with Gasteiger partial charge in [-0.05, 0) is 42.5 Å². The van der Waals surface area contributed by atoms with Crippen molar-refractivity contribution >= 4 is 11.8 Å². The van der Waals surface area contributed by atoms with Crippen molar-refractivity contribution in [3.8, 4) is 0 Å². The molecular formula is C19H23N. The average molecular weight is 265 g/mol. The first-order valence-electron chi connectivity index (χ1n) is 7.35. The molecule has 0 atom stereocenters. The molecule has 104 valence electrons. The Morgan fingerprint density at radius 3 is 2.10 bits per heavy atom. The molecule has 1 N–H and O–H groups in total. The summed E-state index contributed by atoms with van der Waals surface area (Å²) in [4.78, 5) is 0. The van der Waals surface area contributed by atoms with Crippen molar-refractivity contribution in [1.82, 2.24) is 0 Å². The molecule has 0 saturated carbocycles. The van der Waals surface area contributed by atoms with Gasteiger partial charge < -0.3 is 5.32 Å². The van der Waals surface area contributed by atoms with Gasteiger partial charge in [0.15, 0.2) is 0 Å². The number of hydrogen-bond donors (Lipinski definition) is 1. The van der Waals surface area contributed by atoms with E-state index in [9.17, 15) is 0 Å². The molecule has 0 amide bonds. The van der Waals surface area contributed by atoms with E-state index in [-0.39, 0.29) is 0 Å². The molecule has 20 heavy (non-hydrogen) atoms. The van der Waals surface area contributed by atoms with Crippen LogP contribution in [0, 0.1) is 6.92 Å². The molecule has 1 heteroatoms. The lowest BCUT2D eigenvalue weighted by Gasteiger charge is -2.14. The van der Waals surface area contributed by atoms with Crippen LogP contribution in [0.2, 0.25) is 0 Å². The Morgan fingerprint density at radius 2 is 1.55 bits per heavy atom. The van der Waals surface area contributed by atoms with Crippen LogP contribution in [0.5, 0.6) is 0 Å². The monoisotopic (exact) mass is 265 g/mol. The third kappa shape index (κ3) is 3.51. The van der Waals surface area contributed by atoms with Crippen LogP contribution >= 0.6 is 0 Å². The highest BCUT2D eigenvalue weighted by Gasteiger charge is 2.06. The number of aryl methyl sites for hydroxylation is 3. The lowest BCUT2D eigenvalue weighted by Crippen LogP contribution is -2.00. The molecule has 2 aromatic rings. The summed E-state index contributed by atoms with van der Waals surface area (Å²) in [5.74, 6) is 0. The number of nitrogens with one attached hydrogen (secondary N) is 1. The smallest absolute Gasteiger partial charge is 0.0444 e. The molecular weight excluding hydrogens is 242 g/mol. The first-order chi connectivity index (χ1) is 9.74. The maximum absolute atomic E-state index is 3.48. The molecule has 0 aromatic heterocycles. The van der Waals surface area contributed by atoms with Gasteiger partial charge in [-0.25, -0.2) is 0 Å². The van der Waals surface area contributed by atoms with E-state index in [0.717, 1.165) is 12.8 Å². The Morgan fingerprint density at radius 1 is 0.950 bits per heavy atom. The minimum atomic E-state index is 1.05. The standard InChI is InChI=1S/C19H23N/c1-4-17-13-15(3)14-18(5-2)19(17)20-12-11-16-9-7-6-8-10-16/h6-14,20H,4-5H2,1-3H3. The van der Waals surface area contributed by atoms with E-state index in [2.05, 4.69) is 68.6 Å². The molecule has 0 spiro atoms. The zero-order chi connectivity index (χ0) is 14.4. The Hall–Kier alpha value is -2.02. The van der Waals surface area contributed by atoms with Crippen molar-refractivity contribution in [3.63, 3.8) is 0 Å². The Kier molecular flexibility index (Phi) is 5.00. The summed E-state index contributed by atoms with van der Waals surface area (Å²) in [5.41, 5.74) is 6.60. The molecule has 0 saturated heterocycles. The second kappa shape index (κ2) is 6.95. The van der Waals surface area contributed by atoms with Crippen molar-refractivity contribution in [3.05, 3.63) is 70.9 Å². The molecule has 0 aliphatic carbocycles. The quantitative estimate of drug-likeness (QED) is 0.783. The number of rotatable bonds is 5. The molecule has 0 fully saturated rings. The van der Waals surface area contributed by atoms with E-state index in [4.69, 9.17) is 0 Å². The topological polar surface area (TPSA) is 12.0 Å². The molecule has 0 aliphatic rings. The summed E-state index contributed by atoms with van der Waals surface area (Å²) in [6.07, 6.45) is 6.25. The van der Waals surface area contributed by atoms with Gasteiger partial charge in [0.05, 0.1) is 0 Å². The Balaban J connectivity index is 2.22. The summed E-state index contributed by atoms with van der Waals surface area (Å²) in [6.45, 7) is 6.59. The maximum Gasteiger partial charge on any atom is 0.0444 e. The van der Waals surface area contributed by atoms with E-state index in [1.165, 1.54) is 27.9 Å². The van der Waals surface area contributed by atoms with Gasteiger partial charge in [0.2, 0.25) is 0 Å². The van der Waals surface area contributed by atoms with Gasteiger partial charge in [-0.1, -0.05) is 61.9 Å². The highest BCUT2D eigenvalue weighted by Crippen LogP contribution is 2.24. The Bertz CT molecular complexity index is 557. The van der Waals surface area contributed by atoms with Crippen LogP contribution in [0.4, 0.5) is 5.69 Å². The predicted molar refractivity (Wildman–Crippen MR) is 89.0 cm³/mol. The van der Waals surface area contributed by atoms with Crippen LogP contribution in [-0.4, -0.2) is 0 Å². The minimum Gasteiger partial charge on any atom is -0.361 e. The van der Waals surface area contributed by atoms with Gasteiger partial charge in [-0.3, -0.25) is 0 Å². The van der Waals surface area contributed by atoms with Gasteiger partial charge in [-0.2, -0.15) is 0 Å². The highest BCUT2D eigenvalue weighted by atomic mass is 14.8. The molecule has 2 rings (SSSR count). The maximum atomic E-state index is 3.48. The van der Waals surface area contributed by atoms with E-state index in [1.54, 1.807) is 0 Å². The van der Waals surface area contributed by atoms with Gasteiger partial charge in [-0.15, -0.1) is 0 Å². The lowest BCUT2D eigenvalue weighted by molar-refractivity contribution is 1.08. The van der Waals surface area contributed by atoms with Crippen molar-refractivity contribution in [2.75, 3.05) is 5.32 Å². The normalized spacial score (nSPS) is 10.9. The number of benzene rings is 2. The van der Waals surface area contributed by atoms with Crippen LogP contribution < -0.4 is 5.32 Å². The second-order valence-corrected chi connectivity index (χ2v) is 5.05. The van der Waals surface area contributed by atoms with Crippen molar-refractivity contribution < 1.29 is 0 Å². The summed E-state index contributed by atoms with van der Waals surface area (Å²) in [5, 5.41) is 3.48. The molecule has 0 unspecified atom stereocenters. The summed E-state index contributed by atoms with van der Waals surface area (Å²) in [6, 6.07) is 14.9. The van der Waals surface area contributed by atoms with Crippen LogP contribution in [0.25, 0.3) is 6.08 Å². The SMILES string of the molecule is CCc1cc(C)cc(CC)c1NC=Cc1ccccc1. The zero-order valence-electron chi connectivity index (χ0n) is 12.6. The first kappa shape index (κ1) is 14.4. The molecule has 1 nitrogen and oxygen atoms in total. The average Bonchev–Trinajstić information content (AvgIpc) is 2.49. The fourth-order valence-electron chi connectivity index (χ4n) is 2.47. The summed E-state index contributed by atoms with van der Waals surface area (Å²) in [7, 11) is 0. The van der Waals surface area contributed by atoms with E-state index >= 15 is 0 Å². The lowest BCUT2D eigenvalue weighted by atomic mass is 10.00. The largest absolute Gasteiger partial charge is 0.361 e. The fraction of sp³-hybridized carbons (Fsp3) is 0.263. The van der Waals surface area contributed by atoms with E-state index in [0.29, 0.717) is 0 Å². The van der Waals surface area contributed by atoms with Crippen LogP contribution in [0.3, 0.4) is 0 Å². The van der Waals surface area contributed by atoms with Crippen molar-refractivity contribution in [2.24, 2.45) is 0 Å². The first-order valence-corrected chi connectivity index (χ1v) is 7.35. The van der Waals surface area contributed by atoms with Gasteiger partial charge in [0, 0.05) is 11.9 Å². The van der Waals surface area contributed by atoms with E-state index in [1.807, 2.05) is 12.3 Å². The third-order valence-electron chi connectivity index (χ3n) is 3.51. The number of hydrogen-bond acceptors (Lipinski definition) is 1. The zero-order valence-corrected chi connectivity index (χ0v) is 12.6. The third-order valence-corrected chi connectivity index (χ3v) is 3.51. The van der Waals surface area contributed by atoms with Crippen molar-refractivity contribution in [1.29, 1.82) is 0 Å². The van der Waals surface area contributed by atoms with Gasteiger partial charge >= 0.3 is 0 Å². The molecule has 0 aliphatic heterocycles. The minimum absolute atomic E-state index is 1.05. The molecule has 0 bridgehead atoms. The van der Waals surface area contributed by atoms with Crippen LogP contribution in [0.15, 0.2) is 48.7 Å². The van der Waals surface area contributed by atoms with Gasteiger partial charge in [0.25, 0.3) is 0 Å². The Labute approximate surface area is 122 Å². The number of anilines is 1. The summed E-state index contributed by atoms with van der Waals surface area (Å²) < 4.78 is 0. The fourth-order valence-corrected chi connectivity index (χ4v) is 2.47.